The van der Waals surface area contributed by atoms with Crippen LogP contribution in [0.5, 0.6) is 0 Å². The summed E-state index contributed by atoms with van der Waals surface area (Å²) < 4.78 is 60.5. The lowest BCUT2D eigenvalue weighted by Gasteiger charge is -2.45. The van der Waals surface area contributed by atoms with Gasteiger partial charge in [0.25, 0.3) is 0 Å². The van der Waals surface area contributed by atoms with Gasteiger partial charge in [0.1, 0.15) is 17.3 Å². The molecule has 0 amide bonds. The first kappa shape index (κ1) is 21.2. The number of aromatic nitrogens is 3. The van der Waals surface area contributed by atoms with Gasteiger partial charge in [-0.1, -0.05) is 0 Å². The lowest BCUT2D eigenvalue weighted by molar-refractivity contribution is -0.137. The quantitative estimate of drug-likeness (QED) is 0.715. The Hall–Kier alpha value is -2.69. The third kappa shape index (κ3) is 3.94. The minimum Gasteiger partial charge on any atom is -0.383 e. The van der Waals surface area contributed by atoms with Crippen molar-refractivity contribution in [1.29, 1.82) is 0 Å². The van der Waals surface area contributed by atoms with Crippen LogP contribution in [0.3, 0.4) is 0 Å². The number of hydrogen-bond donors (Lipinski definition) is 1. The number of nitrogens with zero attached hydrogens (tertiary/aromatic N) is 5. The number of pyridine rings is 1. The van der Waals surface area contributed by atoms with E-state index in [1.165, 1.54) is 13.1 Å². The molecule has 4 aliphatic rings. The summed E-state index contributed by atoms with van der Waals surface area (Å²) >= 11 is 0. The van der Waals surface area contributed by atoms with Crippen molar-refractivity contribution in [3.8, 4) is 11.3 Å². The van der Waals surface area contributed by atoms with Gasteiger partial charge in [-0.15, -0.1) is 0 Å². The SMILES string of the molecule is C[C@@]1(F)CCN(c2nc(-c3cnc(N)c(C(F)(F)F)c3)cc(N3C[C@@H]4CC[C@H]3CO4)n2)C1. The van der Waals surface area contributed by atoms with Gasteiger partial charge in [-0.25, -0.2) is 14.4 Å². The molecule has 4 fully saturated rings. The number of alkyl halides is 4. The van der Waals surface area contributed by atoms with Crippen molar-refractivity contribution < 1.29 is 22.3 Å². The molecule has 4 saturated heterocycles. The molecule has 172 valence electrons. The van der Waals surface area contributed by atoms with Gasteiger partial charge >= 0.3 is 6.18 Å². The van der Waals surface area contributed by atoms with Crippen molar-refractivity contribution in [2.75, 3.05) is 41.8 Å². The summed E-state index contributed by atoms with van der Waals surface area (Å²) in [6.45, 7) is 3.30. The zero-order valence-corrected chi connectivity index (χ0v) is 17.6. The van der Waals surface area contributed by atoms with Crippen LogP contribution in [-0.4, -0.2) is 59.0 Å². The van der Waals surface area contributed by atoms with Gasteiger partial charge in [-0.3, -0.25) is 0 Å². The summed E-state index contributed by atoms with van der Waals surface area (Å²) in [7, 11) is 0. The van der Waals surface area contributed by atoms with Crippen LogP contribution in [0.25, 0.3) is 11.3 Å². The van der Waals surface area contributed by atoms with Crippen molar-refractivity contribution in [3.63, 3.8) is 0 Å². The van der Waals surface area contributed by atoms with Crippen LogP contribution < -0.4 is 15.5 Å². The van der Waals surface area contributed by atoms with Gasteiger partial charge < -0.3 is 20.3 Å². The molecule has 0 unspecified atom stereocenters. The monoisotopic (exact) mass is 452 g/mol. The molecular formula is C21H24F4N6O. The van der Waals surface area contributed by atoms with E-state index in [-0.39, 0.29) is 29.9 Å². The highest BCUT2D eigenvalue weighted by Crippen LogP contribution is 2.37. The molecule has 0 aromatic carbocycles. The minimum atomic E-state index is -4.64. The Labute approximate surface area is 182 Å². The maximum Gasteiger partial charge on any atom is 0.419 e. The van der Waals surface area contributed by atoms with E-state index in [9.17, 15) is 17.6 Å². The van der Waals surface area contributed by atoms with Gasteiger partial charge in [0.15, 0.2) is 0 Å². The number of piperidine rings is 1. The van der Waals surface area contributed by atoms with Crippen molar-refractivity contribution in [1.82, 2.24) is 15.0 Å². The molecule has 6 heterocycles. The predicted molar refractivity (Wildman–Crippen MR) is 111 cm³/mol. The zero-order valence-electron chi connectivity index (χ0n) is 17.6. The first-order chi connectivity index (χ1) is 15.1. The fourth-order valence-corrected chi connectivity index (χ4v) is 4.63. The molecule has 0 spiro atoms. The van der Waals surface area contributed by atoms with E-state index in [0.29, 0.717) is 37.9 Å². The largest absolute Gasteiger partial charge is 0.419 e. The maximum atomic E-state index is 14.5. The van der Waals surface area contributed by atoms with Crippen LogP contribution in [-0.2, 0) is 10.9 Å². The van der Waals surface area contributed by atoms with Crippen LogP contribution in [0.4, 0.5) is 35.1 Å². The Morgan fingerprint density at radius 2 is 2.03 bits per heavy atom. The molecule has 6 rings (SSSR count). The molecule has 0 radical (unpaired) electrons. The first-order valence-electron chi connectivity index (χ1n) is 10.6. The van der Waals surface area contributed by atoms with Gasteiger partial charge in [0.05, 0.1) is 36.6 Å². The van der Waals surface area contributed by atoms with E-state index in [4.69, 9.17) is 10.5 Å². The molecule has 2 aromatic rings. The number of nitrogens with two attached hydrogens (primary N) is 1. The molecule has 32 heavy (non-hydrogen) atoms. The molecule has 3 atom stereocenters. The average Bonchev–Trinajstić information content (AvgIpc) is 3.13. The van der Waals surface area contributed by atoms with Crippen molar-refractivity contribution in [2.45, 2.75) is 50.2 Å². The van der Waals surface area contributed by atoms with E-state index < -0.39 is 23.2 Å². The number of halogens is 4. The molecule has 2 aromatic heterocycles. The van der Waals surface area contributed by atoms with Gasteiger partial charge in [0.2, 0.25) is 5.95 Å². The topological polar surface area (TPSA) is 80.4 Å². The molecule has 0 aliphatic carbocycles. The highest BCUT2D eigenvalue weighted by molar-refractivity contribution is 5.67. The predicted octanol–water partition coefficient (Wildman–Crippen LogP) is 3.45. The number of morpholine rings is 1. The Morgan fingerprint density at radius 1 is 1.22 bits per heavy atom. The van der Waals surface area contributed by atoms with Crippen molar-refractivity contribution in [3.05, 3.63) is 23.9 Å². The molecular weight excluding hydrogens is 428 g/mol. The minimum absolute atomic E-state index is 0.0952. The maximum absolute atomic E-state index is 14.5. The normalized spacial score (nSPS) is 27.9. The highest BCUT2D eigenvalue weighted by atomic mass is 19.4. The summed E-state index contributed by atoms with van der Waals surface area (Å²) in [5.41, 5.74) is 3.55. The van der Waals surface area contributed by atoms with Gasteiger partial charge in [-0.05, 0) is 25.8 Å². The number of ether oxygens (including phenoxy) is 1. The second-order valence-electron chi connectivity index (χ2n) is 8.99. The third-order valence-electron chi connectivity index (χ3n) is 6.41. The highest BCUT2D eigenvalue weighted by Gasteiger charge is 2.38. The van der Waals surface area contributed by atoms with Crippen molar-refractivity contribution >= 4 is 17.6 Å². The second kappa shape index (κ2) is 7.43. The lowest BCUT2D eigenvalue weighted by Crippen LogP contribution is -2.55. The van der Waals surface area contributed by atoms with Crippen LogP contribution >= 0.6 is 0 Å². The summed E-state index contributed by atoms with van der Waals surface area (Å²) in [5, 5.41) is 0. The number of rotatable bonds is 3. The fourth-order valence-electron chi connectivity index (χ4n) is 4.63. The number of anilines is 3. The second-order valence-corrected chi connectivity index (χ2v) is 8.99. The Kier molecular flexibility index (Phi) is 4.92. The van der Waals surface area contributed by atoms with E-state index in [1.54, 1.807) is 11.0 Å². The summed E-state index contributed by atoms with van der Waals surface area (Å²) in [5.74, 6) is 0.307. The van der Waals surface area contributed by atoms with Crippen molar-refractivity contribution in [2.24, 2.45) is 0 Å². The third-order valence-corrected chi connectivity index (χ3v) is 6.41. The smallest absolute Gasteiger partial charge is 0.383 e. The molecule has 2 N–H and O–H groups in total. The van der Waals surface area contributed by atoms with E-state index in [0.717, 1.165) is 18.9 Å². The van der Waals surface area contributed by atoms with Crippen LogP contribution in [0.2, 0.25) is 0 Å². The number of hydrogen-bond acceptors (Lipinski definition) is 7. The van der Waals surface area contributed by atoms with Gasteiger partial charge in [0, 0.05) is 37.3 Å². The Morgan fingerprint density at radius 3 is 2.62 bits per heavy atom. The molecule has 4 aliphatic heterocycles. The molecule has 2 bridgehead atoms. The molecule has 7 nitrogen and oxygen atoms in total. The molecule has 0 saturated carbocycles. The van der Waals surface area contributed by atoms with E-state index in [2.05, 4.69) is 19.9 Å². The average molecular weight is 452 g/mol. The Bertz CT molecular complexity index is 1020. The standard InChI is InChI=1S/C21H24F4N6O/c1-20(22)4-5-30(11-20)19-28-16(12-6-15(21(23,24)25)18(26)27-8-12)7-17(29-19)31-9-14-3-2-13(31)10-32-14/h6-8,13-14H,2-5,9-11H2,1H3,(H2,26,27)/t13-,14-,20+/m0/s1. The van der Waals surface area contributed by atoms with E-state index in [1.807, 2.05) is 0 Å². The van der Waals surface area contributed by atoms with Crippen LogP contribution in [0.1, 0.15) is 31.7 Å². The molecule has 11 heteroatoms. The summed E-state index contributed by atoms with van der Waals surface area (Å²) in [6.07, 6.45) is -1.02. The summed E-state index contributed by atoms with van der Waals surface area (Å²) in [6, 6.07) is 2.76. The fraction of sp³-hybridized carbons (Fsp3) is 0.571. The number of nitrogen functional groups attached to an aromatic ring is 1. The Balaban J connectivity index is 1.59. The zero-order chi connectivity index (χ0) is 22.7. The lowest BCUT2D eigenvalue weighted by atomic mass is 9.97. The number of fused-ring (bicyclic) bond motifs is 3. The summed E-state index contributed by atoms with van der Waals surface area (Å²) in [4.78, 5) is 16.8. The van der Waals surface area contributed by atoms with Crippen LogP contribution in [0.15, 0.2) is 18.3 Å². The van der Waals surface area contributed by atoms with E-state index >= 15 is 0 Å². The van der Waals surface area contributed by atoms with Gasteiger partial charge in [-0.2, -0.15) is 18.2 Å². The van der Waals surface area contributed by atoms with Crippen LogP contribution in [0, 0.1) is 0 Å². The first-order valence-corrected chi connectivity index (χ1v) is 10.6.